The first-order chi connectivity index (χ1) is 12.1. The number of carbonyl (C=O) groups excluding carboxylic acids is 2. The quantitative estimate of drug-likeness (QED) is 0.480. The van der Waals surface area contributed by atoms with Crippen LogP contribution in [0.5, 0.6) is 0 Å². The monoisotopic (exact) mass is 341 g/mol. The molecule has 0 aliphatic heterocycles. The third-order valence-corrected chi connectivity index (χ3v) is 3.60. The van der Waals surface area contributed by atoms with Crippen molar-refractivity contribution in [3.05, 3.63) is 60.6 Å². The summed E-state index contributed by atoms with van der Waals surface area (Å²) in [5.41, 5.74) is 7.47. The van der Waals surface area contributed by atoms with Crippen molar-refractivity contribution in [1.82, 2.24) is 10.9 Å². The number of anilines is 1. The third-order valence-electron chi connectivity index (χ3n) is 3.60. The zero-order valence-electron chi connectivity index (χ0n) is 14.3. The fraction of sp³-hybridized carbons (Fsp3) is 0.263. The summed E-state index contributed by atoms with van der Waals surface area (Å²) in [4.78, 5) is 23.6. The first kappa shape index (κ1) is 18.3. The number of furan rings is 1. The van der Waals surface area contributed by atoms with E-state index in [0.29, 0.717) is 17.8 Å². The second-order valence-corrected chi connectivity index (χ2v) is 5.62. The Hall–Kier alpha value is -3.02. The van der Waals surface area contributed by atoms with Crippen LogP contribution >= 0.6 is 0 Å². The molecule has 1 aromatic carbocycles. The van der Waals surface area contributed by atoms with E-state index >= 15 is 0 Å². The van der Waals surface area contributed by atoms with Crippen LogP contribution < -0.4 is 16.2 Å². The van der Waals surface area contributed by atoms with Gasteiger partial charge < -0.3 is 9.73 Å². The number of benzene rings is 1. The van der Waals surface area contributed by atoms with E-state index in [1.165, 1.54) is 6.26 Å². The highest BCUT2D eigenvalue weighted by Gasteiger charge is 2.09. The molecule has 0 unspecified atom stereocenters. The second kappa shape index (κ2) is 9.32. The van der Waals surface area contributed by atoms with Crippen LogP contribution in [0.1, 0.15) is 48.7 Å². The minimum atomic E-state index is -0.311. The molecule has 2 amide bonds. The van der Waals surface area contributed by atoms with Crippen molar-refractivity contribution in [2.45, 2.75) is 32.6 Å². The number of carbonyl (C=O) groups is 2. The van der Waals surface area contributed by atoms with E-state index in [9.17, 15) is 9.59 Å². The molecule has 0 saturated heterocycles. The molecule has 0 radical (unpaired) electrons. The molecule has 3 N–H and O–H groups in total. The number of hydrogen-bond acceptors (Lipinski definition) is 4. The molecular weight excluding hydrogens is 318 g/mol. The lowest BCUT2D eigenvalue weighted by Crippen LogP contribution is -2.35. The molecule has 0 fully saturated rings. The Labute approximate surface area is 147 Å². The molecule has 0 aliphatic carbocycles. The molecule has 25 heavy (non-hydrogen) atoms. The highest BCUT2D eigenvalue weighted by molar-refractivity contribution is 6.02. The van der Waals surface area contributed by atoms with Crippen molar-refractivity contribution in [3.8, 4) is 0 Å². The first-order valence-corrected chi connectivity index (χ1v) is 8.29. The van der Waals surface area contributed by atoms with Gasteiger partial charge in [0, 0.05) is 12.1 Å². The maximum Gasteiger partial charge on any atom is 0.291 e. The normalized spacial score (nSPS) is 10.1. The van der Waals surface area contributed by atoms with Crippen LogP contribution in [-0.2, 0) is 4.79 Å². The number of amides is 2. The van der Waals surface area contributed by atoms with Crippen molar-refractivity contribution < 1.29 is 14.0 Å². The fourth-order valence-corrected chi connectivity index (χ4v) is 2.17. The van der Waals surface area contributed by atoms with E-state index in [2.05, 4.69) is 29.7 Å². The fourth-order valence-electron chi connectivity index (χ4n) is 2.17. The molecular formula is C19H23N3O3. The van der Waals surface area contributed by atoms with Gasteiger partial charge in [-0.1, -0.05) is 38.5 Å². The van der Waals surface area contributed by atoms with E-state index < -0.39 is 0 Å². The maximum absolute atomic E-state index is 11.9. The van der Waals surface area contributed by atoms with Crippen LogP contribution in [-0.4, -0.2) is 11.8 Å². The van der Waals surface area contributed by atoms with Gasteiger partial charge in [-0.15, -0.1) is 0 Å². The average Bonchev–Trinajstić information content (AvgIpc) is 3.15. The lowest BCUT2D eigenvalue weighted by molar-refractivity contribution is -0.121. The molecule has 0 spiro atoms. The Kier molecular flexibility index (Phi) is 6.83. The van der Waals surface area contributed by atoms with E-state index in [1.807, 2.05) is 0 Å². The summed E-state index contributed by atoms with van der Waals surface area (Å²) in [7, 11) is 0. The van der Waals surface area contributed by atoms with Gasteiger partial charge in [0.15, 0.2) is 5.76 Å². The smallest absolute Gasteiger partial charge is 0.291 e. The number of rotatable bonds is 9. The zero-order chi connectivity index (χ0) is 18.1. The molecule has 0 aliphatic rings. The predicted octanol–water partition coefficient (Wildman–Crippen LogP) is 3.70. The number of hydrogen-bond donors (Lipinski definition) is 3. The Balaban J connectivity index is 1.81. The number of hydrazine groups is 1. The molecule has 2 rings (SSSR count). The minimum Gasteiger partial charge on any atom is -0.459 e. The van der Waals surface area contributed by atoms with Crippen LogP contribution in [0.3, 0.4) is 0 Å². The Bertz CT molecular complexity index is 706. The van der Waals surface area contributed by atoms with E-state index in [-0.39, 0.29) is 17.6 Å². The summed E-state index contributed by atoms with van der Waals surface area (Å²) in [5.74, 6) is -0.119. The molecule has 1 heterocycles. The predicted molar refractivity (Wildman–Crippen MR) is 97.6 cm³/mol. The van der Waals surface area contributed by atoms with Gasteiger partial charge in [-0.25, -0.2) is 0 Å². The molecule has 2 aromatic rings. The Morgan fingerprint density at radius 1 is 1.08 bits per heavy atom. The van der Waals surface area contributed by atoms with Crippen LogP contribution in [0.15, 0.2) is 53.7 Å². The summed E-state index contributed by atoms with van der Waals surface area (Å²) in [6.45, 7) is 5.99. The summed E-state index contributed by atoms with van der Waals surface area (Å²) < 4.78 is 5.04. The topological polar surface area (TPSA) is 83.4 Å². The van der Waals surface area contributed by atoms with Crippen LogP contribution in [0.25, 0.3) is 5.70 Å². The minimum absolute atomic E-state index is 0.0584. The lowest BCUT2D eigenvalue weighted by Gasteiger charge is -2.12. The van der Waals surface area contributed by atoms with Crippen molar-refractivity contribution in [2.24, 2.45) is 0 Å². The van der Waals surface area contributed by atoms with Gasteiger partial charge in [-0.05, 0) is 36.2 Å². The largest absolute Gasteiger partial charge is 0.459 e. The molecule has 6 heteroatoms. The summed E-state index contributed by atoms with van der Waals surface area (Å²) in [6.07, 6.45) is 4.94. The van der Waals surface area contributed by atoms with E-state index in [1.54, 1.807) is 36.4 Å². The van der Waals surface area contributed by atoms with Crippen molar-refractivity contribution >= 4 is 23.2 Å². The zero-order valence-corrected chi connectivity index (χ0v) is 14.3. The first-order valence-electron chi connectivity index (χ1n) is 8.29. The van der Waals surface area contributed by atoms with Gasteiger partial charge >= 0.3 is 0 Å². The Morgan fingerprint density at radius 3 is 2.48 bits per heavy atom. The Morgan fingerprint density at radius 2 is 1.84 bits per heavy atom. The summed E-state index contributed by atoms with van der Waals surface area (Å²) in [5, 5.41) is 2.74. The molecule has 6 nitrogen and oxygen atoms in total. The van der Waals surface area contributed by atoms with Crippen LogP contribution in [0, 0.1) is 0 Å². The van der Waals surface area contributed by atoms with E-state index in [4.69, 9.17) is 4.42 Å². The standard InChI is InChI=1S/C19H23N3O3/c1-3-4-5-8-18(23)22-21-14(2)15-9-11-16(12-10-15)20-19(24)17-7-6-13-25-17/h6-7,9-13,21H,2-5,8H2,1H3,(H,20,24)(H,22,23). The average molecular weight is 341 g/mol. The van der Waals surface area contributed by atoms with Gasteiger partial charge in [0.2, 0.25) is 5.91 Å². The summed E-state index contributed by atoms with van der Waals surface area (Å²) >= 11 is 0. The van der Waals surface area contributed by atoms with Crippen molar-refractivity contribution in [2.75, 3.05) is 5.32 Å². The SMILES string of the molecule is C=C(NNC(=O)CCCCC)c1ccc(NC(=O)c2ccco2)cc1. The molecule has 132 valence electrons. The van der Waals surface area contributed by atoms with Gasteiger partial charge in [-0.2, -0.15) is 0 Å². The number of nitrogens with one attached hydrogen (secondary N) is 3. The molecule has 0 saturated carbocycles. The van der Waals surface area contributed by atoms with Crippen LogP contribution in [0.2, 0.25) is 0 Å². The molecule has 0 atom stereocenters. The lowest BCUT2D eigenvalue weighted by atomic mass is 10.1. The van der Waals surface area contributed by atoms with Gasteiger partial charge in [-0.3, -0.25) is 20.4 Å². The molecule has 1 aromatic heterocycles. The second-order valence-electron chi connectivity index (χ2n) is 5.62. The van der Waals surface area contributed by atoms with Crippen molar-refractivity contribution in [3.63, 3.8) is 0 Å². The molecule has 0 bridgehead atoms. The highest BCUT2D eigenvalue weighted by Crippen LogP contribution is 2.15. The maximum atomic E-state index is 11.9. The summed E-state index contributed by atoms with van der Waals surface area (Å²) in [6, 6.07) is 10.4. The van der Waals surface area contributed by atoms with Crippen LogP contribution in [0.4, 0.5) is 5.69 Å². The van der Waals surface area contributed by atoms with Crippen molar-refractivity contribution in [1.29, 1.82) is 0 Å². The van der Waals surface area contributed by atoms with Gasteiger partial charge in [0.05, 0.1) is 12.0 Å². The highest BCUT2D eigenvalue weighted by atomic mass is 16.3. The third kappa shape index (κ3) is 5.84. The number of unbranched alkanes of at least 4 members (excludes halogenated alkanes) is 2. The van der Waals surface area contributed by atoms with Gasteiger partial charge in [0.25, 0.3) is 5.91 Å². The van der Waals surface area contributed by atoms with E-state index in [0.717, 1.165) is 24.8 Å². The van der Waals surface area contributed by atoms with Gasteiger partial charge in [0.1, 0.15) is 0 Å².